The first-order valence-electron chi connectivity index (χ1n) is 6.64. The molecule has 0 atom stereocenters. The van der Waals surface area contributed by atoms with Crippen molar-refractivity contribution in [1.29, 1.82) is 0 Å². The molecule has 5 heteroatoms. The van der Waals surface area contributed by atoms with Crippen LogP contribution in [0.5, 0.6) is 0 Å². The third kappa shape index (κ3) is 4.10. The van der Waals surface area contributed by atoms with Crippen LogP contribution < -0.4 is 10.8 Å². The molecule has 1 aliphatic heterocycles. The summed E-state index contributed by atoms with van der Waals surface area (Å²) in [4.78, 5) is 2.48. The molecule has 0 aliphatic carbocycles. The molecular formula is C13H21BN2O2. The fraction of sp³-hybridized carbons (Fsp3) is 0.538. The summed E-state index contributed by atoms with van der Waals surface area (Å²) in [6, 6.07) is 7.36. The van der Waals surface area contributed by atoms with Gasteiger partial charge in [0.1, 0.15) is 0 Å². The van der Waals surface area contributed by atoms with Gasteiger partial charge in [-0.05, 0) is 37.0 Å². The maximum atomic E-state index is 8.98. The van der Waals surface area contributed by atoms with Crippen molar-refractivity contribution in [2.45, 2.75) is 19.4 Å². The summed E-state index contributed by atoms with van der Waals surface area (Å²) in [5, 5.41) is 21.4. The molecule has 1 aromatic carbocycles. The number of rotatable bonds is 6. The first kappa shape index (κ1) is 13.6. The molecule has 1 aliphatic rings. The number of nitrogens with zero attached hydrogens (tertiary/aromatic N) is 1. The lowest BCUT2D eigenvalue weighted by Crippen LogP contribution is -2.30. The van der Waals surface area contributed by atoms with Crippen molar-refractivity contribution in [2.24, 2.45) is 0 Å². The molecule has 0 bridgehead atoms. The lowest BCUT2D eigenvalue weighted by atomic mass is 9.80. The van der Waals surface area contributed by atoms with Crippen LogP contribution in [0.15, 0.2) is 24.3 Å². The van der Waals surface area contributed by atoms with Crippen molar-refractivity contribution in [1.82, 2.24) is 10.2 Å². The van der Waals surface area contributed by atoms with Crippen molar-refractivity contribution >= 4 is 12.6 Å². The highest BCUT2D eigenvalue weighted by Crippen LogP contribution is 2.05. The van der Waals surface area contributed by atoms with E-state index in [1.807, 2.05) is 12.1 Å². The molecule has 0 radical (unpaired) electrons. The quantitative estimate of drug-likeness (QED) is 0.471. The summed E-state index contributed by atoms with van der Waals surface area (Å²) in [7, 11) is -1.37. The van der Waals surface area contributed by atoms with Crippen LogP contribution in [0, 0.1) is 0 Å². The van der Waals surface area contributed by atoms with Gasteiger partial charge in [-0.1, -0.05) is 24.3 Å². The van der Waals surface area contributed by atoms with E-state index in [1.165, 1.54) is 31.5 Å². The SMILES string of the molecule is OB(O)c1ccc(CNCCN2CCCC2)cc1. The Balaban J connectivity index is 1.66. The van der Waals surface area contributed by atoms with Crippen molar-refractivity contribution in [3.63, 3.8) is 0 Å². The normalized spacial score (nSPS) is 16.1. The van der Waals surface area contributed by atoms with Gasteiger partial charge in [0.05, 0.1) is 0 Å². The molecule has 98 valence electrons. The monoisotopic (exact) mass is 248 g/mol. The van der Waals surface area contributed by atoms with Crippen molar-refractivity contribution in [3.05, 3.63) is 29.8 Å². The second-order valence-corrected chi connectivity index (χ2v) is 4.84. The van der Waals surface area contributed by atoms with E-state index in [0.29, 0.717) is 5.46 Å². The minimum absolute atomic E-state index is 0.538. The summed E-state index contributed by atoms with van der Waals surface area (Å²) in [5.41, 5.74) is 1.71. The van der Waals surface area contributed by atoms with E-state index in [2.05, 4.69) is 10.2 Å². The molecule has 0 unspecified atom stereocenters. The summed E-state index contributed by atoms with van der Waals surface area (Å²) >= 11 is 0. The average molecular weight is 248 g/mol. The largest absolute Gasteiger partial charge is 0.488 e. The van der Waals surface area contributed by atoms with Gasteiger partial charge in [-0.2, -0.15) is 0 Å². The van der Waals surface area contributed by atoms with Crippen molar-refractivity contribution < 1.29 is 10.0 Å². The molecule has 2 rings (SSSR count). The second kappa shape index (κ2) is 6.90. The van der Waals surface area contributed by atoms with E-state index in [0.717, 1.165) is 19.6 Å². The van der Waals surface area contributed by atoms with E-state index >= 15 is 0 Å². The molecule has 1 heterocycles. The fourth-order valence-corrected chi connectivity index (χ4v) is 2.28. The van der Waals surface area contributed by atoms with Gasteiger partial charge in [-0.3, -0.25) is 0 Å². The first-order chi connectivity index (χ1) is 8.75. The molecule has 4 nitrogen and oxygen atoms in total. The van der Waals surface area contributed by atoms with Crippen LogP contribution in [-0.4, -0.2) is 48.2 Å². The maximum Gasteiger partial charge on any atom is 0.488 e. The highest BCUT2D eigenvalue weighted by atomic mass is 16.4. The van der Waals surface area contributed by atoms with Gasteiger partial charge in [0.2, 0.25) is 0 Å². The van der Waals surface area contributed by atoms with Gasteiger partial charge in [-0.15, -0.1) is 0 Å². The van der Waals surface area contributed by atoms with Gasteiger partial charge in [0.25, 0.3) is 0 Å². The van der Waals surface area contributed by atoms with E-state index < -0.39 is 7.12 Å². The van der Waals surface area contributed by atoms with Crippen LogP contribution in [0.2, 0.25) is 0 Å². The number of hydrogen-bond donors (Lipinski definition) is 3. The van der Waals surface area contributed by atoms with Crippen molar-refractivity contribution in [2.75, 3.05) is 26.2 Å². The topological polar surface area (TPSA) is 55.7 Å². The highest BCUT2D eigenvalue weighted by Gasteiger charge is 2.11. The smallest absolute Gasteiger partial charge is 0.423 e. The minimum Gasteiger partial charge on any atom is -0.423 e. The Kier molecular flexibility index (Phi) is 5.19. The lowest BCUT2D eigenvalue weighted by Gasteiger charge is -2.14. The van der Waals surface area contributed by atoms with Crippen LogP contribution in [0.3, 0.4) is 0 Å². The van der Waals surface area contributed by atoms with Gasteiger partial charge in [-0.25, -0.2) is 0 Å². The standard InChI is InChI=1S/C13H21BN2O2/c17-14(18)13-5-3-12(4-6-13)11-15-7-10-16-8-1-2-9-16/h3-6,15,17-18H,1-2,7-11H2. The molecule has 18 heavy (non-hydrogen) atoms. The van der Waals surface area contributed by atoms with Crippen molar-refractivity contribution in [3.8, 4) is 0 Å². The number of likely N-dealkylation sites (tertiary alicyclic amines) is 1. The molecule has 0 amide bonds. The van der Waals surface area contributed by atoms with E-state index in [9.17, 15) is 0 Å². The maximum absolute atomic E-state index is 8.98. The Morgan fingerprint density at radius 1 is 1.11 bits per heavy atom. The third-order valence-corrected chi connectivity index (χ3v) is 3.41. The lowest BCUT2D eigenvalue weighted by molar-refractivity contribution is 0.335. The van der Waals surface area contributed by atoms with Crippen LogP contribution >= 0.6 is 0 Å². The van der Waals surface area contributed by atoms with Crippen LogP contribution in [0.1, 0.15) is 18.4 Å². The predicted octanol–water partition coefficient (Wildman–Crippen LogP) is -0.448. The van der Waals surface area contributed by atoms with Gasteiger partial charge < -0.3 is 20.3 Å². The summed E-state index contributed by atoms with van der Waals surface area (Å²) in [6.07, 6.45) is 2.68. The first-order valence-corrected chi connectivity index (χ1v) is 6.64. The molecule has 1 aromatic rings. The van der Waals surface area contributed by atoms with Gasteiger partial charge in [0.15, 0.2) is 0 Å². The second-order valence-electron chi connectivity index (χ2n) is 4.84. The van der Waals surface area contributed by atoms with E-state index in [-0.39, 0.29) is 0 Å². The molecule has 0 spiro atoms. The number of nitrogens with one attached hydrogen (secondary N) is 1. The Morgan fingerprint density at radius 3 is 2.39 bits per heavy atom. The zero-order valence-electron chi connectivity index (χ0n) is 10.7. The molecule has 1 fully saturated rings. The molecule has 1 saturated heterocycles. The number of hydrogen-bond acceptors (Lipinski definition) is 4. The highest BCUT2D eigenvalue weighted by molar-refractivity contribution is 6.58. The summed E-state index contributed by atoms with van der Waals surface area (Å²) < 4.78 is 0. The molecule has 0 aromatic heterocycles. The van der Waals surface area contributed by atoms with Gasteiger partial charge >= 0.3 is 7.12 Å². The number of benzene rings is 1. The Morgan fingerprint density at radius 2 is 1.78 bits per heavy atom. The average Bonchev–Trinajstić information content (AvgIpc) is 2.88. The Bertz CT molecular complexity index is 351. The Labute approximate surface area is 109 Å². The van der Waals surface area contributed by atoms with E-state index in [1.54, 1.807) is 12.1 Å². The fourth-order valence-electron chi connectivity index (χ4n) is 2.28. The van der Waals surface area contributed by atoms with Crippen LogP contribution in [0.4, 0.5) is 0 Å². The predicted molar refractivity (Wildman–Crippen MR) is 73.6 cm³/mol. The van der Waals surface area contributed by atoms with Gasteiger partial charge in [0, 0.05) is 19.6 Å². The summed E-state index contributed by atoms with van der Waals surface area (Å²) in [6.45, 7) is 5.43. The zero-order chi connectivity index (χ0) is 12.8. The minimum atomic E-state index is -1.37. The van der Waals surface area contributed by atoms with Crippen LogP contribution in [0.25, 0.3) is 0 Å². The Hall–Kier alpha value is -0.875. The molecule has 3 N–H and O–H groups in total. The third-order valence-electron chi connectivity index (χ3n) is 3.41. The summed E-state index contributed by atoms with van der Waals surface area (Å²) in [5.74, 6) is 0. The van der Waals surface area contributed by atoms with Crippen LogP contribution in [-0.2, 0) is 6.54 Å². The van der Waals surface area contributed by atoms with E-state index in [4.69, 9.17) is 10.0 Å². The molecular weight excluding hydrogens is 227 g/mol. The zero-order valence-corrected chi connectivity index (χ0v) is 10.7. The molecule has 0 saturated carbocycles.